The minimum Gasteiger partial charge on any atom is -0.497 e. The van der Waals surface area contributed by atoms with Crippen molar-refractivity contribution in [2.24, 2.45) is 17.8 Å². The van der Waals surface area contributed by atoms with Gasteiger partial charge in [-0.3, -0.25) is 4.79 Å². The molecular weight excluding hydrogens is 335 g/mol. The van der Waals surface area contributed by atoms with Gasteiger partial charge in [-0.25, -0.2) is 4.39 Å². The number of ether oxygens (including phenoxy) is 3. The first kappa shape index (κ1) is 18.6. The molecule has 1 fully saturated rings. The van der Waals surface area contributed by atoms with Crippen LogP contribution in [0.1, 0.15) is 25.8 Å². The zero-order valence-electron chi connectivity index (χ0n) is 15.5. The molecule has 0 saturated carbocycles. The number of hydrogen-bond donors (Lipinski definition) is 0. The zero-order valence-corrected chi connectivity index (χ0v) is 15.5. The molecule has 1 aliphatic heterocycles. The number of rotatable bonds is 6. The molecule has 2 aliphatic rings. The maximum atomic E-state index is 14.4. The highest BCUT2D eigenvalue weighted by Gasteiger charge is 2.52. The van der Waals surface area contributed by atoms with Crippen molar-refractivity contribution in [2.45, 2.75) is 32.3 Å². The molecule has 1 unspecified atom stereocenters. The van der Waals surface area contributed by atoms with Gasteiger partial charge in [-0.2, -0.15) is 0 Å². The lowest BCUT2D eigenvalue weighted by molar-refractivity contribution is -0.124. The summed E-state index contributed by atoms with van der Waals surface area (Å²) in [5.74, 6) is 0.549. The Morgan fingerprint density at radius 1 is 1.46 bits per heavy atom. The number of carbonyl (C=O) groups is 1. The van der Waals surface area contributed by atoms with Gasteiger partial charge in [0.2, 0.25) is 0 Å². The van der Waals surface area contributed by atoms with Gasteiger partial charge in [-0.05, 0) is 36.3 Å². The monoisotopic (exact) mass is 360 g/mol. The number of hydrogen-bond acceptors (Lipinski definition) is 4. The largest absolute Gasteiger partial charge is 0.497 e. The number of halogens is 1. The second kappa shape index (κ2) is 7.23. The van der Waals surface area contributed by atoms with E-state index in [1.54, 1.807) is 24.3 Å². The van der Waals surface area contributed by atoms with Crippen molar-refractivity contribution in [2.75, 3.05) is 13.9 Å². The lowest BCUT2D eigenvalue weighted by Crippen LogP contribution is -2.46. The van der Waals surface area contributed by atoms with Crippen LogP contribution in [0.5, 0.6) is 5.75 Å². The molecule has 1 saturated heterocycles. The van der Waals surface area contributed by atoms with Crippen molar-refractivity contribution in [1.82, 2.24) is 0 Å². The highest BCUT2D eigenvalue weighted by atomic mass is 19.1. The summed E-state index contributed by atoms with van der Waals surface area (Å²) in [5.41, 5.74) is -0.116. The number of benzene rings is 1. The predicted octanol–water partition coefficient (Wildman–Crippen LogP) is 4.05. The number of fused-ring (bicyclic) bond motifs is 1. The van der Waals surface area contributed by atoms with Crippen LogP contribution in [-0.4, -0.2) is 25.3 Å². The molecular formula is C21H25FO4. The fraction of sp³-hybridized carbons (Fsp3) is 0.476. The van der Waals surface area contributed by atoms with E-state index in [0.29, 0.717) is 29.9 Å². The van der Waals surface area contributed by atoms with Crippen molar-refractivity contribution < 1.29 is 23.4 Å². The van der Waals surface area contributed by atoms with Crippen LogP contribution in [0.3, 0.4) is 0 Å². The van der Waals surface area contributed by atoms with Crippen molar-refractivity contribution in [3.8, 4) is 5.75 Å². The van der Waals surface area contributed by atoms with Gasteiger partial charge < -0.3 is 14.2 Å². The molecule has 5 heteroatoms. The summed E-state index contributed by atoms with van der Waals surface area (Å²) in [7, 11) is 1.51. The van der Waals surface area contributed by atoms with E-state index in [2.05, 4.69) is 6.58 Å². The molecule has 4 nitrogen and oxygen atoms in total. The molecule has 1 heterocycles. The van der Waals surface area contributed by atoms with Gasteiger partial charge in [0, 0.05) is 18.1 Å². The lowest BCUT2D eigenvalue weighted by atomic mass is 9.69. The third-order valence-electron chi connectivity index (χ3n) is 5.70. The first-order chi connectivity index (χ1) is 12.4. The summed E-state index contributed by atoms with van der Waals surface area (Å²) in [6.07, 6.45) is 4.34. The highest BCUT2D eigenvalue weighted by molar-refractivity contribution is 5.94. The van der Waals surface area contributed by atoms with Crippen LogP contribution in [0.25, 0.3) is 0 Å². The summed E-state index contributed by atoms with van der Waals surface area (Å²) < 4.78 is 31.1. The molecule has 1 aromatic carbocycles. The van der Waals surface area contributed by atoms with Crippen LogP contribution in [0.2, 0.25) is 0 Å². The van der Waals surface area contributed by atoms with Crippen LogP contribution >= 0.6 is 0 Å². The molecule has 1 aliphatic carbocycles. The minimum absolute atomic E-state index is 0.0336. The second-order valence-corrected chi connectivity index (χ2v) is 7.17. The average Bonchev–Trinajstić information content (AvgIpc) is 3.05. The molecule has 140 valence electrons. The van der Waals surface area contributed by atoms with Crippen LogP contribution < -0.4 is 4.74 Å². The first-order valence-corrected chi connectivity index (χ1v) is 8.89. The summed E-state index contributed by atoms with van der Waals surface area (Å²) in [6.45, 7) is 7.92. The van der Waals surface area contributed by atoms with Gasteiger partial charge in [0.25, 0.3) is 0 Å². The molecule has 0 aromatic heterocycles. The van der Waals surface area contributed by atoms with E-state index in [1.807, 2.05) is 13.8 Å². The van der Waals surface area contributed by atoms with Gasteiger partial charge in [0.15, 0.2) is 12.6 Å². The number of methoxy groups -OCH3 is 1. The predicted molar refractivity (Wildman–Crippen MR) is 96.1 cm³/mol. The molecule has 0 radical (unpaired) electrons. The van der Waals surface area contributed by atoms with Gasteiger partial charge in [0.1, 0.15) is 22.9 Å². The zero-order chi connectivity index (χ0) is 18.9. The third-order valence-corrected chi connectivity index (χ3v) is 5.70. The van der Waals surface area contributed by atoms with Gasteiger partial charge in [0.05, 0.1) is 7.11 Å². The second-order valence-electron chi connectivity index (χ2n) is 7.17. The molecule has 1 aromatic rings. The summed E-state index contributed by atoms with van der Waals surface area (Å²) >= 11 is 0. The quantitative estimate of drug-likeness (QED) is 0.718. The Morgan fingerprint density at radius 3 is 2.88 bits per heavy atom. The van der Waals surface area contributed by atoms with E-state index in [1.165, 1.54) is 13.2 Å². The van der Waals surface area contributed by atoms with Crippen LogP contribution in [-0.2, 0) is 20.7 Å². The molecule has 0 bridgehead atoms. The first-order valence-electron chi connectivity index (χ1n) is 8.89. The molecule has 4 atom stereocenters. The fourth-order valence-electron chi connectivity index (χ4n) is 3.89. The number of allylic oxidation sites excluding steroid dienone is 2. The Hall–Kier alpha value is -2.14. The van der Waals surface area contributed by atoms with E-state index in [4.69, 9.17) is 14.2 Å². The van der Waals surface area contributed by atoms with Crippen molar-refractivity contribution >= 4 is 5.78 Å². The SMILES string of the molecule is C=CC(C)[C@H]1C[C@]2([C@@H](C)Cc3ccc(OC)cc3F)OCOC2=CC1=O. The fourth-order valence-corrected chi connectivity index (χ4v) is 3.89. The van der Waals surface area contributed by atoms with Gasteiger partial charge in [-0.15, -0.1) is 6.58 Å². The highest BCUT2D eigenvalue weighted by Crippen LogP contribution is 2.47. The van der Waals surface area contributed by atoms with Crippen LogP contribution in [0.4, 0.5) is 4.39 Å². The Morgan fingerprint density at radius 2 is 2.23 bits per heavy atom. The van der Waals surface area contributed by atoms with Crippen molar-refractivity contribution in [3.05, 3.63) is 54.1 Å². The molecule has 26 heavy (non-hydrogen) atoms. The van der Waals surface area contributed by atoms with E-state index in [-0.39, 0.29) is 36.1 Å². The van der Waals surface area contributed by atoms with Crippen LogP contribution in [0, 0.1) is 23.6 Å². The summed E-state index contributed by atoms with van der Waals surface area (Å²) in [4.78, 5) is 12.5. The van der Waals surface area contributed by atoms with Crippen molar-refractivity contribution in [1.29, 1.82) is 0 Å². The standard InChI is InChI=1S/C21H25FO4/c1-5-13(2)17-11-21(20(10-19(17)23)25-12-26-21)14(3)8-15-6-7-16(24-4)9-18(15)22/h5-7,9-10,13-14,17H,1,8,11-12H2,2-4H3/t13?,14-,17+,21+/m0/s1. The average molecular weight is 360 g/mol. The van der Waals surface area contributed by atoms with Gasteiger partial charge >= 0.3 is 0 Å². The van der Waals surface area contributed by atoms with Crippen molar-refractivity contribution in [3.63, 3.8) is 0 Å². The molecule has 0 spiro atoms. The Bertz CT molecular complexity index is 742. The normalized spacial score (nSPS) is 27.2. The third kappa shape index (κ3) is 3.16. The number of carbonyl (C=O) groups excluding carboxylic acids is 1. The lowest BCUT2D eigenvalue weighted by Gasteiger charge is -2.39. The van der Waals surface area contributed by atoms with E-state index >= 15 is 0 Å². The Labute approximate surface area is 153 Å². The molecule has 0 N–H and O–H groups in total. The minimum atomic E-state index is -0.706. The smallest absolute Gasteiger partial charge is 0.189 e. The van der Waals surface area contributed by atoms with E-state index in [9.17, 15) is 9.18 Å². The molecule has 3 rings (SSSR count). The maximum absolute atomic E-state index is 14.4. The van der Waals surface area contributed by atoms with E-state index < -0.39 is 5.60 Å². The maximum Gasteiger partial charge on any atom is 0.189 e. The molecule has 0 amide bonds. The number of ketones is 1. The van der Waals surface area contributed by atoms with Crippen LogP contribution in [0.15, 0.2) is 42.7 Å². The Kier molecular flexibility index (Phi) is 5.19. The summed E-state index contributed by atoms with van der Waals surface area (Å²) in [6, 6.07) is 4.87. The summed E-state index contributed by atoms with van der Waals surface area (Å²) in [5, 5.41) is 0. The topological polar surface area (TPSA) is 44.8 Å². The van der Waals surface area contributed by atoms with E-state index in [0.717, 1.165) is 0 Å². The van der Waals surface area contributed by atoms with Gasteiger partial charge in [-0.1, -0.05) is 26.0 Å². The Balaban J connectivity index is 1.89.